The van der Waals surface area contributed by atoms with Crippen LogP contribution in [0.3, 0.4) is 0 Å². The molecule has 1 fully saturated rings. The lowest BCUT2D eigenvalue weighted by molar-refractivity contribution is -0.0537. The molecule has 32 heavy (non-hydrogen) atoms. The van der Waals surface area contributed by atoms with Gasteiger partial charge >= 0.3 is 0 Å². The number of hydrogen-bond donors (Lipinski definition) is 1. The third-order valence-corrected chi connectivity index (χ3v) is 5.98. The van der Waals surface area contributed by atoms with Crippen molar-refractivity contribution in [3.63, 3.8) is 0 Å². The Balaban J connectivity index is 1.19. The van der Waals surface area contributed by atoms with E-state index < -0.39 is 5.60 Å². The molecule has 4 rings (SSSR count). The predicted molar refractivity (Wildman–Crippen MR) is 125 cm³/mol. The lowest BCUT2D eigenvalue weighted by Gasteiger charge is -2.38. The maximum atomic E-state index is 10.9. The number of aromatic nitrogens is 2. The minimum absolute atomic E-state index is 0.339. The number of aliphatic hydroxyl groups is 1. The first-order valence-electron chi connectivity index (χ1n) is 11.4. The summed E-state index contributed by atoms with van der Waals surface area (Å²) in [4.78, 5) is 2.39. The number of rotatable bonds is 10. The highest BCUT2D eigenvalue weighted by molar-refractivity contribution is 5.28. The molecule has 0 amide bonds. The predicted octanol–water partition coefficient (Wildman–Crippen LogP) is 4.07. The molecule has 1 aliphatic heterocycles. The van der Waals surface area contributed by atoms with Crippen LogP contribution in [-0.2, 0) is 13.1 Å². The summed E-state index contributed by atoms with van der Waals surface area (Å²) < 4.78 is 13.7. The fourth-order valence-electron chi connectivity index (χ4n) is 3.96. The molecule has 1 aliphatic rings. The molecule has 1 saturated heterocycles. The SMILES string of the molecule is Cc1ccc(OCC2(O)CCN(Cc3cccc(OCCCn4cccn4)c3)CC2)cc1. The van der Waals surface area contributed by atoms with Crippen molar-refractivity contribution in [2.45, 2.75) is 44.9 Å². The van der Waals surface area contributed by atoms with Gasteiger partial charge in [0.1, 0.15) is 23.7 Å². The molecule has 1 N–H and O–H groups in total. The monoisotopic (exact) mass is 435 g/mol. The van der Waals surface area contributed by atoms with Crippen LogP contribution in [0.15, 0.2) is 67.0 Å². The zero-order valence-corrected chi connectivity index (χ0v) is 18.8. The molecule has 0 bridgehead atoms. The summed E-state index contributed by atoms with van der Waals surface area (Å²) in [6, 6.07) is 18.2. The average Bonchev–Trinajstić information content (AvgIpc) is 3.32. The molecule has 2 aromatic carbocycles. The fraction of sp³-hybridized carbons (Fsp3) is 0.423. The van der Waals surface area contributed by atoms with Crippen LogP contribution in [0.2, 0.25) is 0 Å². The molecule has 1 aromatic heterocycles. The summed E-state index contributed by atoms with van der Waals surface area (Å²) >= 11 is 0. The van der Waals surface area contributed by atoms with Gasteiger partial charge in [-0.15, -0.1) is 0 Å². The molecule has 6 nitrogen and oxygen atoms in total. The van der Waals surface area contributed by atoms with Gasteiger partial charge in [0.2, 0.25) is 0 Å². The van der Waals surface area contributed by atoms with Crippen LogP contribution >= 0.6 is 0 Å². The van der Waals surface area contributed by atoms with Gasteiger partial charge < -0.3 is 14.6 Å². The van der Waals surface area contributed by atoms with E-state index in [2.05, 4.69) is 29.1 Å². The zero-order chi connectivity index (χ0) is 22.2. The Morgan fingerprint density at radius 2 is 1.81 bits per heavy atom. The molecule has 0 aliphatic carbocycles. The zero-order valence-electron chi connectivity index (χ0n) is 18.8. The lowest BCUT2D eigenvalue weighted by Crippen LogP contribution is -2.47. The normalized spacial score (nSPS) is 16.1. The van der Waals surface area contributed by atoms with Crippen molar-refractivity contribution in [1.82, 2.24) is 14.7 Å². The summed E-state index contributed by atoms with van der Waals surface area (Å²) in [5.41, 5.74) is 1.67. The topological polar surface area (TPSA) is 59.8 Å². The lowest BCUT2D eigenvalue weighted by atomic mass is 9.92. The molecule has 0 atom stereocenters. The van der Waals surface area contributed by atoms with Gasteiger partial charge in [-0.3, -0.25) is 9.58 Å². The van der Waals surface area contributed by atoms with E-state index >= 15 is 0 Å². The maximum Gasteiger partial charge on any atom is 0.119 e. The highest BCUT2D eigenvalue weighted by atomic mass is 16.5. The van der Waals surface area contributed by atoms with Gasteiger partial charge in [-0.05, 0) is 55.7 Å². The van der Waals surface area contributed by atoms with Gasteiger partial charge in [0.15, 0.2) is 0 Å². The Labute approximate surface area is 190 Å². The molecule has 3 aromatic rings. The number of benzene rings is 2. The van der Waals surface area contributed by atoms with Crippen LogP contribution < -0.4 is 9.47 Å². The Bertz CT molecular complexity index is 949. The van der Waals surface area contributed by atoms with Crippen molar-refractivity contribution in [3.8, 4) is 11.5 Å². The molecular weight excluding hydrogens is 402 g/mol. The van der Waals surface area contributed by atoms with Gasteiger partial charge in [-0.1, -0.05) is 29.8 Å². The summed E-state index contributed by atoms with van der Waals surface area (Å²) in [5, 5.41) is 15.1. The van der Waals surface area contributed by atoms with Crippen molar-refractivity contribution in [3.05, 3.63) is 78.1 Å². The quantitative estimate of drug-likeness (QED) is 0.487. The number of likely N-dealkylation sites (tertiary alicyclic amines) is 1. The van der Waals surface area contributed by atoms with Crippen molar-refractivity contribution < 1.29 is 14.6 Å². The summed E-state index contributed by atoms with van der Waals surface area (Å²) in [7, 11) is 0. The highest BCUT2D eigenvalue weighted by Crippen LogP contribution is 2.25. The third-order valence-electron chi connectivity index (χ3n) is 5.98. The molecule has 170 valence electrons. The number of ether oxygens (including phenoxy) is 2. The average molecular weight is 436 g/mol. The molecule has 0 saturated carbocycles. The van der Waals surface area contributed by atoms with E-state index in [9.17, 15) is 5.11 Å². The van der Waals surface area contributed by atoms with Crippen LogP contribution in [-0.4, -0.2) is 51.7 Å². The van der Waals surface area contributed by atoms with E-state index in [1.54, 1.807) is 6.20 Å². The highest BCUT2D eigenvalue weighted by Gasteiger charge is 2.33. The minimum Gasteiger partial charge on any atom is -0.494 e. The van der Waals surface area contributed by atoms with E-state index in [-0.39, 0.29) is 0 Å². The second kappa shape index (κ2) is 10.7. The molecular formula is C26H33N3O3. The first kappa shape index (κ1) is 22.4. The summed E-state index contributed by atoms with van der Waals surface area (Å²) in [6.07, 6.45) is 6.10. The van der Waals surface area contributed by atoms with Gasteiger partial charge in [0.25, 0.3) is 0 Å². The van der Waals surface area contributed by atoms with Gasteiger partial charge in [0, 0.05) is 45.0 Å². The van der Waals surface area contributed by atoms with E-state index in [1.165, 1.54) is 11.1 Å². The third kappa shape index (κ3) is 6.58. The molecule has 0 radical (unpaired) electrons. The van der Waals surface area contributed by atoms with Crippen LogP contribution in [0.25, 0.3) is 0 Å². The Morgan fingerprint density at radius 1 is 1.00 bits per heavy atom. The molecule has 6 heteroatoms. The van der Waals surface area contributed by atoms with Gasteiger partial charge in [0.05, 0.1) is 6.61 Å². The molecule has 0 spiro atoms. The molecule has 2 heterocycles. The number of piperidine rings is 1. The Morgan fingerprint density at radius 3 is 2.56 bits per heavy atom. The second-order valence-electron chi connectivity index (χ2n) is 8.72. The maximum absolute atomic E-state index is 10.9. The standard InChI is InChI=1S/C26H33N3O3/c1-22-7-9-24(10-8-22)32-21-26(30)11-16-28(17-12-26)20-23-5-2-6-25(19-23)31-18-4-15-29-14-3-13-27-29/h2-3,5-10,13-14,19,30H,4,11-12,15-18,20-21H2,1H3. The summed E-state index contributed by atoms with van der Waals surface area (Å²) in [6.45, 7) is 6.48. The Kier molecular flexibility index (Phi) is 7.45. The van der Waals surface area contributed by atoms with Gasteiger partial charge in [-0.2, -0.15) is 5.10 Å². The fourth-order valence-corrected chi connectivity index (χ4v) is 3.96. The van der Waals surface area contributed by atoms with Crippen LogP contribution in [0, 0.1) is 6.92 Å². The Hall–Kier alpha value is -2.83. The van der Waals surface area contributed by atoms with Crippen LogP contribution in [0.1, 0.15) is 30.4 Å². The van der Waals surface area contributed by atoms with Crippen molar-refractivity contribution in [2.24, 2.45) is 0 Å². The van der Waals surface area contributed by atoms with E-state index in [0.29, 0.717) is 26.1 Å². The van der Waals surface area contributed by atoms with E-state index in [0.717, 1.165) is 44.1 Å². The molecule has 0 unspecified atom stereocenters. The smallest absolute Gasteiger partial charge is 0.119 e. The van der Waals surface area contributed by atoms with Crippen LogP contribution in [0.4, 0.5) is 0 Å². The van der Waals surface area contributed by atoms with Crippen molar-refractivity contribution >= 4 is 0 Å². The number of hydrogen-bond acceptors (Lipinski definition) is 5. The minimum atomic E-state index is -0.763. The second-order valence-corrected chi connectivity index (χ2v) is 8.72. The first-order valence-corrected chi connectivity index (χ1v) is 11.4. The van der Waals surface area contributed by atoms with E-state index in [1.807, 2.05) is 53.3 Å². The largest absolute Gasteiger partial charge is 0.494 e. The number of aryl methyl sites for hydroxylation is 2. The van der Waals surface area contributed by atoms with Crippen molar-refractivity contribution in [1.29, 1.82) is 0 Å². The van der Waals surface area contributed by atoms with Gasteiger partial charge in [-0.25, -0.2) is 0 Å². The summed E-state index contributed by atoms with van der Waals surface area (Å²) in [5.74, 6) is 1.72. The van der Waals surface area contributed by atoms with E-state index in [4.69, 9.17) is 9.47 Å². The van der Waals surface area contributed by atoms with Crippen LogP contribution in [0.5, 0.6) is 11.5 Å². The first-order chi connectivity index (χ1) is 15.6. The number of nitrogens with zero attached hydrogens (tertiary/aromatic N) is 3. The van der Waals surface area contributed by atoms with Crippen molar-refractivity contribution in [2.75, 3.05) is 26.3 Å².